The van der Waals surface area contributed by atoms with Gasteiger partial charge in [-0.2, -0.15) is 0 Å². The Morgan fingerprint density at radius 2 is 2.06 bits per heavy atom. The van der Waals surface area contributed by atoms with Gasteiger partial charge >= 0.3 is 5.97 Å². The molecule has 0 unspecified atom stereocenters. The second kappa shape index (κ2) is 6.20. The zero-order chi connectivity index (χ0) is 13.8. The van der Waals surface area contributed by atoms with Crippen LogP contribution in [0.25, 0.3) is 0 Å². The van der Waals surface area contributed by atoms with Crippen LogP contribution in [0.4, 0.5) is 4.39 Å². The van der Waals surface area contributed by atoms with Gasteiger partial charge in [0.15, 0.2) is 0 Å². The first-order valence-corrected chi connectivity index (χ1v) is 6.77. The maximum atomic E-state index is 12.9. The molecule has 0 aromatic heterocycles. The largest absolute Gasteiger partial charge is 0.464 e. The molecule has 100 valence electrons. The number of aliphatic hydroxyl groups excluding tert-OH is 1. The molecule has 0 fully saturated rings. The quantitative estimate of drug-likeness (QED) is 0.836. The van der Waals surface area contributed by atoms with E-state index in [9.17, 15) is 14.3 Å². The number of carbonyl (C=O) groups is 1. The van der Waals surface area contributed by atoms with Gasteiger partial charge in [-0.3, -0.25) is 4.79 Å². The monoisotopic (exact) mass is 272 g/mol. The Morgan fingerprint density at radius 1 is 1.50 bits per heavy atom. The number of aliphatic hydroxyl groups is 1. The Hall–Kier alpha value is -1.07. The molecule has 5 heteroatoms. The topological polar surface area (TPSA) is 46.5 Å². The van der Waals surface area contributed by atoms with E-state index in [1.54, 1.807) is 19.1 Å². The summed E-state index contributed by atoms with van der Waals surface area (Å²) in [6, 6.07) is 5.86. The number of benzene rings is 1. The zero-order valence-corrected chi connectivity index (χ0v) is 11.5. The van der Waals surface area contributed by atoms with Crippen LogP contribution in [0.1, 0.15) is 19.4 Å². The number of thioether (sulfide) groups is 1. The zero-order valence-electron chi connectivity index (χ0n) is 10.6. The molecule has 3 nitrogen and oxygen atoms in total. The molecule has 0 radical (unpaired) electrons. The highest BCUT2D eigenvalue weighted by atomic mass is 32.2. The minimum absolute atomic E-state index is 0.0484. The Morgan fingerprint density at radius 3 is 2.44 bits per heavy atom. The molecule has 0 saturated carbocycles. The highest BCUT2D eigenvalue weighted by Gasteiger charge is 2.38. The van der Waals surface area contributed by atoms with Crippen LogP contribution in [-0.2, 0) is 14.3 Å². The van der Waals surface area contributed by atoms with E-state index < -0.39 is 16.8 Å². The minimum atomic E-state index is -0.778. The molecule has 2 atom stereocenters. The fourth-order valence-electron chi connectivity index (χ4n) is 1.73. The molecule has 0 amide bonds. The normalized spacial score (nSPS) is 15.8. The van der Waals surface area contributed by atoms with Gasteiger partial charge in [-0.1, -0.05) is 12.1 Å². The number of esters is 1. The standard InChI is InChI=1S/C13H17FO3S/c1-9(15)13(18-3,8-17-10(2)16)11-4-6-12(14)7-5-11/h4-7,9,15H,8H2,1-3H3/t9-,13+/m0/s1. The Kier molecular flexibility index (Phi) is 5.16. The molecule has 0 aliphatic carbocycles. The van der Waals surface area contributed by atoms with E-state index in [-0.39, 0.29) is 12.4 Å². The molecule has 0 saturated heterocycles. The number of carbonyl (C=O) groups excluding carboxylic acids is 1. The molecular weight excluding hydrogens is 255 g/mol. The molecule has 1 aromatic rings. The van der Waals surface area contributed by atoms with Gasteiger partial charge in [0.2, 0.25) is 0 Å². The van der Waals surface area contributed by atoms with Crippen molar-refractivity contribution in [1.29, 1.82) is 0 Å². The Labute approximate surface area is 110 Å². The minimum Gasteiger partial charge on any atom is -0.464 e. The van der Waals surface area contributed by atoms with E-state index in [2.05, 4.69) is 0 Å². The maximum absolute atomic E-state index is 12.9. The van der Waals surface area contributed by atoms with Crippen LogP contribution in [-0.4, -0.2) is 30.0 Å². The number of ether oxygens (including phenoxy) is 1. The molecule has 1 rings (SSSR count). The smallest absolute Gasteiger partial charge is 0.302 e. The van der Waals surface area contributed by atoms with Crippen LogP contribution in [0.3, 0.4) is 0 Å². The Bertz CT molecular complexity index is 405. The summed E-state index contributed by atoms with van der Waals surface area (Å²) < 4.78 is 17.2. The predicted octanol–water partition coefficient (Wildman–Crippen LogP) is 2.33. The number of hydrogen-bond donors (Lipinski definition) is 1. The third-order valence-corrected chi connectivity index (χ3v) is 4.28. The molecule has 1 aromatic carbocycles. The van der Waals surface area contributed by atoms with Crippen molar-refractivity contribution in [3.63, 3.8) is 0 Å². The van der Waals surface area contributed by atoms with Crippen molar-refractivity contribution in [3.8, 4) is 0 Å². The van der Waals surface area contributed by atoms with Crippen molar-refractivity contribution in [3.05, 3.63) is 35.6 Å². The summed E-state index contributed by atoms with van der Waals surface area (Å²) in [5.74, 6) is -0.747. The van der Waals surface area contributed by atoms with Crippen molar-refractivity contribution in [2.75, 3.05) is 12.9 Å². The van der Waals surface area contributed by atoms with Gasteiger partial charge in [-0.15, -0.1) is 11.8 Å². The fourth-order valence-corrected chi connectivity index (χ4v) is 2.62. The Balaban J connectivity index is 3.09. The van der Waals surface area contributed by atoms with Crippen LogP contribution >= 0.6 is 11.8 Å². The number of halogens is 1. The summed E-state index contributed by atoms with van der Waals surface area (Å²) in [6.07, 6.45) is 1.08. The van der Waals surface area contributed by atoms with Gasteiger partial charge in [0.1, 0.15) is 17.2 Å². The van der Waals surface area contributed by atoms with Gasteiger partial charge in [-0.05, 0) is 30.9 Å². The molecule has 0 bridgehead atoms. The SMILES string of the molecule is CS[C@@](COC(C)=O)(c1ccc(F)cc1)[C@H](C)O. The van der Waals surface area contributed by atoms with E-state index in [4.69, 9.17) is 4.74 Å². The summed E-state index contributed by atoms with van der Waals surface area (Å²) >= 11 is 1.38. The van der Waals surface area contributed by atoms with Gasteiger partial charge in [0.25, 0.3) is 0 Å². The molecule has 0 spiro atoms. The van der Waals surface area contributed by atoms with Gasteiger partial charge in [0.05, 0.1) is 6.10 Å². The van der Waals surface area contributed by atoms with Crippen LogP contribution in [0.15, 0.2) is 24.3 Å². The number of rotatable bonds is 5. The first-order chi connectivity index (χ1) is 8.42. The number of hydrogen-bond acceptors (Lipinski definition) is 4. The van der Waals surface area contributed by atoms with Crippen molar-refractivity contribution in [2.24, 2.45) is 0 Å². The van der Waals surface area contributed by atoms with E-state index in [1.165, 1.54) is 30.8 Å². The third-order valence-electron chi connectivity index (χ3n) is 2.86. The summed E-state index contributed by atoms with van der Waals surface area (Å²) in [7, 11) is 0. The molecule has 0 aliphatic heterocycles. The highest BCUT2D eigenvalue weighted by Crippen LogP contribution is 2.38. The second-order valence-electron chi connectivity index (χ2n) is 4.06. The molecule has 1 N–H and O–H groups in total. The lowest BCUT2D eigenvalue weighted by Gasteiger charge is -2.34. The van der Waals surface area contributed by atoms with E-state index in [1.807, 2.05) is 6.26 Å². The lowest BCUT2D eigenvalue weighted by Crippen LogP contribution is -2.39. The maximum Gasteiger partial charge on any atom is 0.302 e. The van der Waals surface area contributed by atoms with Gasteiger partial charge in [0, 0.05) is 6.92 Å². The van der Waals surface area contributed by atoms with Gasteiger partial charge < -0.3 is 9.84 Å². The van der Waals surface area contributed by atoms with Crippen molar-refractivity contribution < 1.29 is 19.0 Å². The first kappa shape index (κ1) is 15.0. The third kappa shape index (κ3) is 3.23. The van der Waals surface area contributed by atoms with Crippen molar-refractivity contribution in [1.82, 2.24) is 0 Å². The summed E-state index contributed by atoms with van der Waals surface area (Å²) in [6.45, 7) is 2.99. The van der Waals surface area contributed by atoms with E-state index in [0.717, 1.165) is 5.56 Å². The highest BCUT2D eigenvalue weighted by molar-refractivity contribution is 7.99. The van der Waals surface area contributed by atoms with Crippen LogP contribution in [0.2, 0.25) is 0 Å². The summed E-state index contributed by atoms with van der Waals surface area (Å²) in [5, 5.41) is 9.99. The molecular formula is C13H17FO3S. The summed E-state index contributed by atoms with van der Waals surface area (Å²) in [4.78, 5) is 10.9. The molecule has 18 heavy (non-hydrogen) atoms. The summed E-state index contributed by atoms with van der Waals surface area (Å²) in [5.41, 5.74) is 0.729. The molecule has 0 heterocycles. The average Bonchev–Trinajstić information content (AvgIpc) is 2.31. The average molecular weight is 272 g/mol. The van der Waals surface area contributed by atoms with Crippen LogP contribution in [0.5, 0.6) is 0 Å². The molecule has 0 aliphatic rings. The predicted molar refractivity (Wildman–Crippen MR) is 69.9 cm³/mol. The van der Waals surface area contributed by atoms with Crippen molar-refractivity contribution in [2.45, 2.75) is 24.7 Å². The second-order valence-corrected chi connectivity index (χ2v) is 5.19. The van der Waals surface area contributed by atoms with Crippen LogP contribution in [0, 0.1) is 5.82 Å². The van der Waals surface area contributed by atoms with Crippen LogP contribution < -0.4 is 0 Å². The lowest BCUT2D eigenvalue weighted by atomic mass is 9.94. The fraction of sp³-hybridized carbons (Fsp3) is 0.462. The van der Waals surface area contributed by atoms with Gasteiger partial charge in [-0.25, -0.2) is 4.39 Å². The van der Waals surface area contributed by atoms with E-state index >= 15 is 0 Å². The van der Waals surface area contributed by atoms with Crippen molar-refractivity contribution >= 4 is 17.7 Å². The first-order valence-electron chi connectivity index (χ1n) is 5.55. The lowest BCUT2D eigenvalue weighted by molar-refractivity contribution is -0.142. The van der Waals surface area contributed by atoms with E-state index in [0.29, 0.717) is 0 Å².